The van der Waals surface area contributed by atoms with Crippen molar-refractivity contribution in [2.45, 2.75) is 45.6 Å². The van der Waals surface area contributed by atoms with Gasteiger partial charge in [0.05, 0.1) is 0 Å². The van der Waals surface area contributed by atoms with Gasteiger partial charge in [0.25, 0.3) is 12.4 Å². The first-order valence-corrected chi connectivity index (χ1v) is 7.40. The number of rotatable bonds is 2. The van der Waals surface area contributed by atoms with Crippen molar-refractivity contribution in [3.63, 3.8) is 0 Å². The van der Waals surface area contributed by atoms with Gasteiger partial charge in [-0.15, -0.1) is 0 Å². The van der Waals surface area contributed by atoms with Crippen molar-refractivity contribution in [3.05, 3.63) is 35.9 Å². The van der Waals surface area contributed by atoms with Crippen LogP contribution in [0.15, 0.2) is 30.3 Å². The third-order valence-corrected chi connectivity index (χ3v) is 3.07. The monoisotopic (exact) mass is 291 g/mol. The molecule has 0 aromatic heterocycles. The Morgan fingerprint density at radius 3 is 2.10 bits per heavy atom. The van der Waals surface area contributed by atoms with E-state index < -0.39 is 0 Å². The molecular formula is C17H25NO3. The summed E-state index contributed by atoms with van der Waals surface area (Å²) < 4.78 is 4.55. The van der Waals surface area contributed by atoms with Crippen molar-refractivity contribution in [2.75, 3.05) is 13.1 Å². The molecule has 1 amide bonds. The van der Waals surface area contributed by atoms with Crippen LogP contribution in [-0.4, -0.2) is 36.0 Å². The van der Waals surface area contributed by atoms with Gasteiger partial charge in [-0.1, -0.05) is 18.2 Å². The van der Waals surface area contributed by atoms with E-state index in [4.69, 9.17) is 0 Å². The van der Waals surface area contributed by atoms with Crippen LogP contribution >= 0.6 is 0 Å². The highest BCUT2D eigenvalue weighted by Gasteiger charge is 2.17. The summed E-state index contributed by atoms with van der Waals surface area (Å²) in [7, 11) is 0. The minimum Gasteiger partial charge on any atom is -0.462 e. The molecule has 1 heterocycles. The van der Waals surface area contributed by atoms with Gasteiger partial charge in [0.1, 0.15) is 5.60 Å². The summed E-state index contributed by atoms with van der Waals surface area (Å²) in [6.07, 6.45) is 3.57. The van der Waals surface area contributed by atoms with Crippen LogP contribution in [-0.2, 0) is 9.53 Å². The Kier molecular flexibility index (Phi) is 6.92. The molecule has 0 atom stereocenters. The second-order valence-corrected chi connectivity index (χ2v) is 6.05. The molecule has 1 aromatic rings. The zero-order valence-corrected chi connectivity index (χ0v) is 13.2. The lowest BCUT2D eigenvalue weighted by Crippen LogP contribution is -2.35. The summed E-state index contributed by atoms with van der Waals surface area (Å²) in [5.74, 6) is 0.185. The molecule has 0 spiro atoms. The van der Waals surface area contributed by atoms with Gasteiger partial charge in [-0.2, -0.15) is 0 Å². The van der Waals surface area contributed by atoms with Crippen molar-refractivity contribution in [1.29, 1.82) is 0 Å². The lowest BCUT2D eigenvalue weighted by Gasteiger charge is -2.26. The minimum atomic E-state index is -0.318. The molecule has 4 nitrogen and oxygen atoms in total. The molecule has 1 aliphatic heterocycles. The molecule has 0 bridgehead atoms. The molecule has 2 rings (SSSR count). The smallest absolute Gasteiger partial charge is 0.293 e. The molecule has 116 valence electrons. The molecule has 0 unspecified atom stereocenters. The normalized spacial score (nSPS) is 14.7. The number of piperidine rings is 1. The highest BCUT2D eigenvalue weighted by molar-refractivity contribution is 5.94. The zero-order chi connectivity index (χ0) is 15.7. The highest BCUT2D eigenvalue weighted by Crippen LogP contribution is 2.12. The van der Waals surface area contributed by atoms with Gasteiger partial charge in [0.15, 0.2) is 0 Å². The number of carbonyl (C=O) groups excluding carboxylic acids is 2. The number of hydrogen-bond donors (Lipinski definition) is 0. The number of carbonyl (C=O) groups is 2. The van der Waals surface area contributed by atoms with Gasteiger partial charge in [0.2, 0.25) is 0 Å². The molecule has 21 heavy (non-hydrogen) atoms. The fraction of sp³-hybridized carbons (Fsp3) is 0.529. The van der Waals surface area contributed by atoms with Gasteiger partial charge in [-0.3, -0.25) is 9.59 Å². The first kappa shape index (κ1) is 17.2. The van der Waals surface area contributed by atoms with E-state index in [-0.39, 0.29) is 11.5 Å². The summed E-state index contributed by atoms with van der Waals surface area (Å²) in [6, 6.07) is 9.54. The summed E-state index contributed by atoms with van der Waals surface area (Å²) in [4.78, 5) is 23.5. The van der Waals surface area contributed by atoms with Crippen LogP contribution in [0.2, 0.25) is 0 Å². The molecule has 1 aliphatic rings. The molecule has 0 saturated carbocycles. The number of hydrogen-bond acceptors (Lipinski definition) is 3. The van der Waals surface area contributed by atoms with E-state index in [2.05, 4.69) is 4.74 Å². The number of amides is 1. The Morgan fingerprint density at radius 2 is 1.67 bits per heavy atom. The molecule has 0 aliphatic carbocycles. The second-order valence-electron chi connectivity index (χ2n) is 6.05. The molecule has 1 fully saturated rings. The SMILES string of the molecule is CC(C)(C)OC=O.O=C(c1ccccc1)N1CCCCC1. The molecular weight excluding hydrogens is 266 g/mol. The topological polar surface area (TPSA) is 46.6 Å². The third-order valence-electron chi connectivity index (χ3n) is 3.07. The summed E-state index contributed by atoms with van der Waals surface area (Å²) in [5, 5.41) is 0. The maximum atomic E-state index is 11.9. The molecule has 4 heteroatoms. The van der Waals surface area contributed by atoms with E-state index in [1.165, 1.54) is 6.42 Å². The lowest BCUT2D eigenvalue weighted by molar-refractivity contribution is -0.138. The average molecular weight is 291 g/mol. The Balaban J connectivity index is 0.000000270. The number of likely N-dealkylation sites (tertiary alicyclic amines) is 1. The first-order valence-electron chi connectivity index (χ1n) is 7.40. The van der Waals surface area contributed by atoms with Crippen molar-refractivity contribution in [2.24, 2.45) is 0 Å². The fourth-order valence-electron chi connectivity index (χ4n) is 2.00. The largest absolute Gasteiger partial charge is 0.462 e. The van der Waals surface area contributed by atoms with Crippen molar-refractivity contribution >= 4 is 12.4 Å². The van der Waals surface area contributed by atoms with Crippen molar-refractivity contribution < 1.29 is 14.3 Å². The van der Waals surface area contributed by atoms with E-state index >= 15 is 0 Å². The summed E-state index contributed by atoms with van der Waals surface area (Å²) >= 11 is 0. The fourth-order valence-corrected chi connectivity index (χ4v) is 2.00. The third kappa shape index (κ3) is 6.93. The minimum absolute atomic E-state index is 0.185. The highest BCUT2D eigenvalue weighted by atomic mass is 16.5. The van der Waals surface area contributed by atoms with E-state index in [9.17, 15) is 9.59 Å². The Labute approximate surface area is 127 Å². The maximum Gasteiger partial charge on any atom is 0.293 e. The number of benzene rings is 1. The van der Waals surface area contributed by atoms with Gasteiger partial charge < -0.3 is 9.64 Å². The van der Waals surface area contributed by atoms with Crippen LogP contribution in [0.3, 0.4) is 0 Å². The molecule has 0 N–H and O–H groups in total. The molecule has 1 aromatic carbocycles. The van der Waals surface area contributed by atoms with Gasteiger partial charge in [0, 0.05) is 18.7 Å². The average Bonchev–Trinajstić information content (AvgIpc) is 2.48. The Bertz CT molecular complexity index is 431. The van der Waals surface area contributed by atoms with Gasteiger partial charge in [-0.05, 0) is 52.2 Å². The summed E-state index contributed by atoms with van der Waals surface area (Å²) in [6.45, 7) is 7.77. The van der Waals surface area contributed by atoms with Crippen LogP contribution in [0, 0.1) is 0 Å². The van der Waals surface area contributed by atoms with Crippen LogP contribution in [0.4, 0.5) is 0 Å². The first-order chi connectivity index (χ1) is 9.94. The van der Waals surface area contributed by atoms with Crippen molar-refractivity contribution in [1.82, 2.24) is 4.90 Å². The number of nitrogens with zero attached hydrogens (tertiary/aromatic N) is 1. The standard InChI is InChI=1S/C12H15NO.C5H10O2/c14-12(11-7-3-1-4-8-11)13-9-5-2-6-10-13;1-5(2,3)7-4-6/h1,3-4,7-8H,2,5-6,9-10H2;4H,1-3H3. The van der Waals surface area contributed by atoms with E-state index in [1.807, 2.05) is 56.0 Å². The van der Waals surface area contributed by atoms with Crippen molar-refractivity contribution in [3.8, 4) is 0 Å². The predicted octanol–water partition coefficient (Wildman–Crippen LogP) is 3.27. The zero-order valence-electron chi connectivity index (χ0n) is 13.2. The van der Waals surface area contributed by atoms with Crippen LogP contribution < -0.4 is 0 Å². The lowest BCUT2D eigenvalue weighted by atomic mass is 10.1. The second kappa shape index (κ2) is 8.45. The van der Waals surface area contributed by atoms with Crippen LogP contribution in [0.5, 0.6) is 0 Å². The quantitative estimate of drug-likeness (QED) is 0.786. The van der Waals surface area contributed by atoms with E-state index in [1.54, 1.807) is 0 Å². The predicted molar refractivity (Wildman–Crippen MR) is 83.1 cm³/mol. The maximum absolute atomic E-state index is 11.9. The Morgan fingerprint density at radius 1 is 1.10 bits per heavy atom. The summed E-state index contributed by atoms with van der Waals surface area (Å²) in [5.41, 5.74) is 0.497. The van der Waals surface area contributed by atoms with Crippen LogP contribution in [0.25, 0.3) is 0 Å². The van der Waals surface area contributed by atoms with Gasteiger partial charge in [-0.25, -0.2) is 0 Å². The van der Waals surface area contributed by atoms with E-state index in [0.717, 1.165) is 31.5 Å². The van der Waals surface area contributed by atoms with Crippen LogP contribution in [0.1, 0.15) is 50.4 Å². The number of ether oxygens (including phenoxy) is 1. The van der Waals surface area contributed by atoms with E-state index in [0.29, 0.717) is 6.47 Å². The van der Waals surface area contributed by atoms with Gasteiger partial charge >= 0.3 is 0 Å². The molecule has 1 saturated heterocycles. The molecule has 0 radical (unpaired) electrons. The Hall–Kier alpha value is -1.84.